The highest BCUT2D eigenvalue weighted by Gasteiger charge is 2.45. The molecule has 6 nitrogen and oxygen atoms in total. The van der Waals surface area contributed by atoms with Gasteiger partial charge >= 0.3 is 0 Å². The van der Waals surface area contributed by atoms with Crippen molar-refractivity contribution in [3.8, 4) is 11.6 Å². The number of nitrogens with zero attached hydrogens (tertiary/aromatic N) is 2. The Balaban J connectivity index is 1.70. The summed E-state index contributed by atoms with van der Waals surface area (Å²) in [6.07, 6.45) is 6.99. The number of carbonyl (C=O) groups excluding carboxylic acids is 1. The number of aromatic nitrogens is 2. The molecular weight excluding hydrogens is 304 g/mol. The predicted octanol–water partition coefficient (Wildman–Crippen LogP) is 3.12. The minimum absolute atomic E-state index is 0.100. The molecule has 1 heterocycles. The van der Waals surface area contributed by atoms with Gasteiger partial charge in [0.05, 0.1) is 11.7 Å². The number of carbonyl (C=O) groups is 1. The molecule has 6 heteroatoms. The van der Waals surface area contributed by atoms with Gasteiger partial charge in [-0.1, -0.05) is 19.9 Å². The van der Waals surface area contributed by atoms with Crippen LogP contribution in [0.15, 0.2) is 42.9 Å². The van der Waals surface area contributed by atoms with Gasteiger partial charge in [-0.2, -0.15) is 0 Å². The molecule has 1 saturated carbocycles. The quantitative estimate of drug-likeness (QED) is 0.901. The Hall–Kier alpha value is -2.47. The molecule has 0 aliphatic heterocycles. The minimum atomic E-state index is -0.814. The molecule has 1 aliphatic rings. The monoisotopic (exact) mass is 326 g/mol. The highest BCUT2D eigenvalue weighted by molar-refractivity contribution is 5.98. The molecule has 1 unspecified atom stereocenters. The summed E-state index contributed by atoms with van der Waals surface area (Å²) in [5, 5.41) is 2.91. The van der Waals surface area contributed by atoms with E-state index in [2.05, 4.69) is 29.1 Å². The van der Waals surface area contributed by atoms with E-state index in [1.54, 1.807) is 24.5 Å². The number of nitrogens with two attached hydrogens (primary N) is 1. The van der Waals surface area contributed by atoms with Crippen molar-refractivity contribution >= 4 is 11.6 Å². The smallest absolute Gasteiger partial charge is 0.244 e. The molecular formula is C18H22N4O2. The second-order valence-electron chi connectivity index (χ2n) is 7.12. The number of amides is 1. The lowest BCUT2D eigenvalue weighted by atomic mass is 9.88. The zero-order valence-electron chi connectivity index (χ0n) is 14.0. The van der Waals surface area contributed by atoms with E-state index in [9.17, 15) is 4.79 Å². The lowest BCUT2D eigenvalue weighted by molar-refractivity contribution is -0.121. The molecule has 0 bridgehead atoms. The van der Waals surface area contributed by atoms with Crippen LogP contribution >= 0.6 is 0 Å². The average Bonchev–Trinajstić information content (AvgIpc) is 2.83. The van der Waals surface area contributed by atoms with Gasteiger partial charge in [-0.05, 0) is 36.8 Å². The van der Waals surface area contributed by atoms with Crippen molar-refractivity contribution in [2.45, 2.75) is 38.6 Å². The van der Waals surface area contributed by atoms with E-state index >= 15 is 0 Å². The molecule has 24 heavy (non-hydrogen) atoms. The first-order chi connectivity index (χ1) is 11.4. The Bertz CT molecular complexity index is 733. The van der Waals surface area contributed by atoms with Crippen LogP contribution in [0.5, 0.6) is 11.6 Å². The minimum Gasteiger partial charge on any atom is -0.437 e. The lowest BCUT2D eigenvalue weighted by Gasteiger charge is -2.25. The molecule has 1 atom stereocenters. The van der Waals surface area contributed by atoms with Crippen LogP contribution in [0.2, 0.25) is 0 Å². The molecule has 126 valence electrons. The van der Waals surface area contributed by atoms with Crippen LogP contribution in [0, 0.1) is 5.41 Å². The molecule has 1 amide bonds. The van der Waals surface area contributed by atoms with E-state index in [0.717, 1.165) is 6.42 Å². The summed E-state index contributed by atoms with van der Waals surface area (Å²) in [5.41, 5.74) is 6.26. The highest BCUT2D eigenvalue weighted by atomic mass is 16.5. The standard InChI is InChI=1S/C18H22N4O2/c1-17(2)6-7-18(19,12-17)16(23)22-13-4-3-5-14(10-13)24-15-11-20-8-9-21-15/h3-5,8-11H,6-7,12,19H2,1-2H3,(H,22,23). The fourth-order valence-corrected chi connectivity index (χ4v) is 3.14. The van der Waals surface area contributed by atoms with Crippen molar-refractivity contribution in [1.82, 2.24) is 9.97 Å². The molecule has 3 N–H and O–H groups in total. The number of anilines is 1. The summed E-state index contributed by atoms with van der Waals surface area (Å²) >= 11 is 0. The Morgan fingerprint density at radius 3 is 2.79 bits per heavy atom. The normalized spacial score (nSPS) is 22.1. The van der Waals surface area contributed by atoms with Gasteiger partial charge in [0.1, 0.15) is 5.75 Å². The number of nitrogens with one attached hydrogen (secondary N) is 1. The second kappa shape index (κ2) is 6.20. The third-order valence-electron chi connectivity index (χ3n) is 4.35. The third-order valence-corrected chi connectivity index (χ3v) is 4.35. The molecule has 1 aromatic carbocycles. The maximum Gasteiger partial charge on any atom is 0.244 e. The van der Waals surface area contributed by atoms with E-state index < -0.39 is 5.54 Å². The van der Waals surface area contributed by atoms with Gasteiger partial charge in [0.2, 0.25) is 11.8 Å². The number of ether oxygens (including phenoxy) is 1. The number of rotatable bonds is 4. The summed E-state index contributed by atoms with van der Waals surface area (Å²) in [4.78, 5) is 20.6. The van der Waals surface area contributed by atoms with Crippen LogP contribution in [0.1, 0.15) is 33.1 Å². The fraction of sp³-hybridized carbons (Fsp3) is 0.389. The number of hydrogen-bond donors (Lipinski definition) is 2. The molecule has 0 radical (unpaired) electrons. The van der Waals surface area contributed by atoms with Crippen LogP contribution < -0.4 is 15.8 Å². The summed E-state index contributed by atoms with van der Waals surface area (Å²) in [6.45, 7) is 4.29. The molecule has 1 aromatic heterocycles. The third kappa shape index (κ3) is 3.71. The number of benzene rings is 1. The maximum absolute atomic E-state index is 12.6. The predicted molar refractivity (Wildman–Crippen MR) is 91.7 cm³/mol. The van der Waals surface area contributed by atoms with Gasteiger partial charge in [0.25, 0.3) is 0 Å². The second-order valence-corrected chi connectivity index (χ2v) is 7.12. The van der Waals surface area contributed by atoms with Gasteiger partial charge in [-0.3, -0.25) is 9.78 Å². The first-order valence-corrected chi connectivity index (χ1v) is 8.01. The molecule has 1 fully saturated rings. The van der Waals surface area contributed by atoms with Crippen LogP contribution in [-0.4, -0.2) is 21.4 Å². The van der Waals surface area contributed by atoms with Crippen molar-refractivity contribution in [3.05, 3.63) is 42.9 Å². The van der Waals surface area contributed by atoms with Gasteiger partial charge in [-0.25, -0.2) is 4.98 Å². The van der Waals surface area contributed by atoms with Crippen LogP contribution in [0.4, 0.5) is 5.69 Å². The van der Waals surface area contributed by atoms with Crippen LogP contribution in [0.25, 0.3) is 0 Å². The van der Waals surface area contributed by atoms with E-state index in [-0.39, 0.29) is 11.3 Å². The van der Waals surface area contributed by atoms with E-state index in [0.29, 0.717) is 30.2 Å². The Labute approximate surface area is 141 Å². The topological polar surface area (TPSA) is 90.1 Å². The van der Waals surface area contributed by atoms with Crippen molar-refractivity contribution in [1.29, 1.82) is 0 Å². The van der Waals surface area contributed by atoms with Crippen LogP contribution in [-0.2, 0) is 4.79 Å². The molecule has 3 rings (SSSR count). The summed E-state index contributed by atoms with van der Waals surface area (Å²) < 4.78 is 5.63. The summed E-state index contributed by atoms with van der Waals surface area (Å²) in [7, 11) is 0. The van der Waals surface area contributed by atoms with Gasteiger partial charge in [-0.15, -0.1) is 0 Å². The SMILES string of the molecule is CC1(C)CCC(N)(C(=O)Nc2cccc(Oc3cnccn3)c2)C1. The fourth-order valence-electron chi connectivity index (χ4n) is 3.14. The van der Waals surface area contributed by atoms with Gasteiger partial charge in [0, 0.05) is 24.1 Å². The van der Waals surface area contributed by atoms with Crippen molar-refractivity contribution in [2.24, 2.45) is 11.1 Å². The Morgan fingerprint density at radius 2 is 2.12 bits per heavy atom. The molecule has 1 aliphatic carbocycles. The molecule has 2 aromatic rings. The van der Waals surface area contributed by atoms with Gasteiger partial charge in [0.15, 0.2) is 0 Å². The zero-order chi connectivity index (χ0) is 17.2. The Morgan fingerprint density at radius 1 is 1.29 bits per heavy atom. The highest BCUT2D eigenvalue weighted by Crippen LogP contribution is 2.42. The number of hydrogen-bond acceptors (Lipinski definition) is 5. The average molecular weight is 326 g/mol. The Kier molecular flexibility index (Phi) is 4.24. The van der Waals surface area contributed by atoms with Crippen molar-refractivity contribution in [2.75, 3.05) is 5.32 Å². The molecule has 0 saturated heterocycles. The molecule has 0 spiro atoms. The van der Waals surface area contributed by atoms with E-state index in [4.69, 9.17) is 10.5 Å². The van der Waals surface area contributed by atoms with Crippen LogP contribution in [0.3, 0.4) is 0 Å². The van der Waals surface area contributed by atoms with E-state index in [1.807, 2.05) is 12.1 Å². The lowest BCUT2D eigenvalue weighted by Crippen LogP contribution is -2.49. The summed E-state index contributed by atoms with van der Waals surface area (Å²) in [5.74, 6) is 0.824. The first-order valence-electron chi connectivity index (χ1n) is 8.01. The first kappa shape index (κ1) is 16.4. The van der Waals surface area contributed by atoms with E-state index in [1.165, 1.54) is 6.20 Å². The summed E-state index contributed by atoms with van der Waals surface area (Å²) in [6, 6.07) is 7.16. The van der Waals surface area contributed by atoms with Crippen molar-refractivity contribution < 1.29 is 9.53 Å². The largest absolute Gasteiger partial charge is 0.437 e. The van der Waals surface area contributed by atoms with Crippen molar-refractivity contribution in [3.63, 3.8) is 0 Å². The van der Waals surface area contributed by atoms with Gasteiger partial charge < -0.3 is 15.8 Å². The maximum atomic E-state index is 12.6. The zero-order valence-corrected chi connectivity index (χ0v) is 14.0.